The van der Waals surface area contributed by atoms with E-state index in [2.05, 4.69) is 10.6 Å². The van der Waals surface area contributed by atoms with Gasteiger partial charge in [-0.2, -0.15) is 0 Å². The maximum absolute atomic E-state index is 12.2. The first kappa shape index (κ1) is 23.6. The Hall–Kier alpha value is -3.06. The van der Waals surface area contributed by atoms with Gasteiger partial charge in [-0.3, -0.25) is 10.6 Å². The maximum Gasteiger partial charge on any atom is 0.412 e. The molecule has 7 nitrogen and oxygen atoms in total. The fourth-order valence-corrected chi connectivity index (χ4v) is 3.82. The lowest BCUT2D eigenvalue weighted by Gasteiger charge is -2.21. The molecule has 0 aliphatic heterocycles. The van der Waals surface area contributed by atoms with E-state index >= 15 is 0 Å². The van der Waals surface area contributed by atoms with Crippen molar-refractivity contribution >= 4 is 23.6 Å². The first-order valence-electron chi connectivity index (χ1n) is 10.7. The van der Waals surface area contributed by atoms with Crippen molar-refractivity contribution in [2.75, 3.05) is 10.6 Å². The molecule has 1 atom stereocenters. The number of rotatable bonds is 3. The zero-order valence-electron chi connectivity index (χ0n) is 19.7. The van der Waals surface area contributed by atoms with Crippen LogP contribution in [-0.4, -0.2) is 34.6 Å². The van der Waals surface area contributed by atoms with Gasteiger partial charge < -0.3 is 14.6 Å². The number of carbonyl (C=O) groups is 2. The second kappa shape index (κ2) is 8.47. The van der Waals surface area contributed by atoms with E-state index < -0.39 is 29.5 Å². The molecule has 7 heteroatoms. The lowest BCUT2D eigenvalue weighted by atomic mass is 9.91. The highest BCUT2D eigenvalue weighted by atomic mass is 16.6. The predicted molar refractivity (Wildman–Crippen MR) is 125 cm³/mol. The lowest BCUT2D eigenvalue weighted by molar-refractivity contribution is 0.0624. The number of benzene rings is 2. The Morgan fingerprint density at radius 2 is 1.19 bits per heavy atom. The van der Waals surface area contributed by atoms with E-state index in [1.54, 1.807) is 48.5 Å². The molecule has 32 heavy (non-hydrogen) atoms. The Balaban J connectivity index is 1.88. The lowest BCUT2D eigenvalue weighted by Crippen LogP contribution is -2.27. The molecule has 3 rings (SSSR count). The first-order valence-corrected chi connectivity index (χ1v) is 10.7. The van der Waals surface area contributed by atoms with Gasteiger partial charge >= 0.3 is 12.2 Å². The third kappa shape index (κ3) is 5.59. The number of aliphatic hydroxyl groups is 1. The summed E-state index contributed by atoms with van der Waals surface area (Å²) in [6, 6.07) is 11.2. The first-order chi connectivity index (χ1) is 14.7. The topological polar surface area (TPSA) is 96.9 Å². The van der Waals surface area contributed by atoms with Gasteiger partial charge in [-0.15, -0.1) is 0 Å². The Morgan fingerprint density at radius 3 is 1.50 bits per heavy atom. The van der Waals surface area contributed by atoms with Crippen LogP contribution in [0.1, 0.15) is 65.5 Å². The van der Waals surface area contributed by atoms with E-state index in [1.165, 1.54) is 0 Å². The molecule has 0 radical (unpaired) electrons. The number of ether oxygens (including phenoxy) is 2. The van der Waals surface area contributed by atoms with Crippen LogP contribution in [0.25, 0.3) is 11.1 Å². The van der Waals surface area contributed by atoms with E-state index in [1.807, 2.05) is 36.4 Å². The van der Waals surface area contributed by atoms with Crippen LogP contribution >= 0.6 is 0 Å². The fourth-order valence-electron chi connectivity index (χ4n) is 3.82. The summed E-state index contributed by atoms with van der Waals surface area (Å²) in [5.41, 5.74) is 3.73. The molecule has 2 aromatic carbocycles. The van der Waals surface area contributed by atoms with E-state index in [0.29, 0.717) is 11.4 Å². The molecule has 172 valence electrons. The van der Waals surface area contributed by atoms with Crippen LogP contribution < -0.4 is 10.6 Å². The maximum atomic E-state index is 12.2. The van der Waals surface area contributed by atoms with Crippen LogP contribution in [-0.2, 0) is 9.47 Å². The van der Waals surface area contributed by atoms with Crippen molar-refractivity contribution in [2.45, 2.75) is 71.7 Å². The zero-order chi connectivity index (χ0) is 23.8. The van der Waals surface area contributed by atoms with Crippen LogP contribution in [0.5, 0.6) is 0 Å². The third-order valence-corrected chi connectivity index (χ3v) is 4.84. The summed E-state index contributed by atoms with van der Waals surface area (Å²) in [5, 5.41) is 16.1. The summed E-state index contributed by atoms with van der Waals surface area (Å²) < 4.78 is 10.7. The third-order valence-electron chi connectivity index (χ3n) is 4.84. The average molecular weight is 441 g/mol. The Labute approximate surface area is 189 Å². The summed E-state index contributed by atoms with van der Waals surface area (Å²) >= 11 is 0. The minimum Gasteiger partial charge on any atom is -0.444 e. The normalized spacial score (nSPS) is 14.2. The molecule has 0 saturated carbocycles. The van der Waals surface area contributed by atoms with Crippen LogP contribution in [0.4, 0.5) is 21.0 Å². The van der Waals surface area contributed by atoms with Crippen LogP contribution in [0.3, 0.4) is 0 Å². The number of carbonyl (C=O) groups excluding carboxylic acids is 2. The van der Waals surface area contributed by atoms with Crippen LogP contribution in [0.2, 0.25) is 0 Å². The number of fused-ring (bicyclic) bond motifs is 3. The largest absolute Gasteiger partial charge is 0.444 e. The van der Waals surface area contributed by atoms with Crippen molar-refractivity contribution in [3.05, 3.63) is 47.5 Å². The van der Waals surface area contributed by atoms with Crippen molar-refractivity contribution in [1.29, 1.82) is 0 Å². The molecule has 0 fully saturated rings. The molecule has 0 spiro atoms. The van der Waals surface area contributed by atoms with Crippen molar-refractivity contribution in [2.24, 2.45) is 0 Å². The number of aliphatic hydroxyl groups excluding tert-OH is 1. The molecular formula is C25H32N2O5. The highest BCUT2D eigenvalue weighted by molar-refractivity contribution is 5.90. The molecule has 0 heterocycles. The molecule has 0 saturated heterocycles. The molecule has 0 bridgehead atoms. The van der Waals surface area contributed by atoms with Gasteiger partial charge in [0.05, 0.1) is 6.10 Å². The summed E-state index contributed by atoms with van der Waals surface area (Å²) in [7, 11) is 0. The fraction of sp³-hybridized carbons (Fsp3) is 0.440. The number of amides is 2. The summed E-state index contributed by atoms with van der Waals surface area (Å²) in [5.74, 6) is -0.305. The molecular weight excluding hydrogens is 408 g/mol. The summed E-state index contributed by atoms with van der Waals surface area (Å²) in [6.45, 7) is 12.6. The minimum absolute atomic E-state index is 0.305. The predicted octanol–water partition coefficient (Wildman–Crippen LogP) is 5.87. The monoisotopic (exact) mass is 440 g/mol. The number of anilines is 2. The molecule has 3 N–H and O–H groups in total. The number of hydrogen-bond donors (Lipinski definition) is 3. The van der Waals surface area contributed by atoms with E-state index in [0.717, 1.165) is 22.3 Å². The molecule has 1 aliphatic carbocycles. The highest BCUT2D eigenvalue weighted by Crippen LogP contribution is 2.48. The van der Waals surface area contributed by atoms with Gasteiger partial charge in [0.1, 0.15) is 11.2 Å². The smallest absolute Gasteiger partial charge is 0.412 e. The summed E-state index contributed by atoms with van der Waals surface area (Å²) in [6.07, 6.45) is -1.75. The minimum atomic E-state index is -0.677. The molecule has 1 aliphatic rings. The van der Waals surface area contributed by atoms with Crippen molar-refractivity contribution in [1.82, 2.24) is 0 Å². The average Bonchev–Trinajstić information content (AvgIpc) is 2.91. The quantitative estimate of drug-likeness (QED) is 0.554. The van der Waals surface area contributed by atoms with Gasteiger partial charge in [-0.05, 0) is 95.0 Å². The van der Waals surface area contributed by atoms with E-state index in [-0.39, 0.29) is 5.92 Å². The van der Waals surface area contributed by atoms with E-state index in [4.69, 9.17) is 9.47 Å². The van der Waals surface area contributed by atoms with Gasteiger partial charge in [-0.1, -0.05) is 12.1 Å². The molecule has 2 amide bonds. The van der Waals surface area contributed by atoms with Gasteiger partial charge in [0, 0.05) is 17.3 Å². The van der Waals surface area contributed by atoms with Gasteiger partial charge in [0.25, 0.3) is 0 Å². The second-order valence-corrected chi connectivity index (χ2v) is 10.1. The number of hydrogen-bond acceptors (Lipinski definition) is 5. The van der Waals surface area contributed by atoms with Crippen molar-refractivity contribution in [3.8, 4) is 11.1 Å². The SMILES string of the molecule is CC(O)C1c2cc(NC(=O)OC(C)(C)C)ccc2-c2ccc(NC(=O)OC(C)(C)C)cc21. The van der Waals surface area contributed by atoms with Crippen LogP contribution in [0, 0.1) is 0 Å². The standard InChI is InChI=1S/C25H32N2O5/c1-14(28)21-19-12-15(26-22(29)31-24(2,3)4)8-10-17(19)18-11-9-16(13-20(18)21)27-23(30)32-25(5,6)7/h8-14,21,28H,1-7H3,(H,26,29)(H,27,30). The zero-order valence-corrected chi connectivity index (χ0v) is 19.7. The van der Waals surface area contributed by atoms with Gasteiger partial charge in [0.15, 0.2) is 0 Å². The Morgan fingerprint density at radius 1 is 0.812 bits per heavy atom. The van der Waals surface area contributed by atoms with Crippen LogP contribution in [0.15, 0.2) is 36.4 Å². The highest BCUT2D eigenvalue weighted by Gasteiger charge is 2.33. The molecule has 2 aromatic rings. The Kier molecular flexibility index (Phi) is 6.24. The molecule has 0 aromatic heterocycles. The van der Waals surface area contributed by atoms with Crippen molar-refractivity contribution in [3.63, 3.8) is 0 Å². The number of nitrogens with one attached hydrogen (secondary N) is 2. The van der Waals surface area contributed by atoms with Gasteiger partial charge in [-0.25, -0.2) is 9.59 Å². The van der Waals surface area contributed by atoms with Crippen molar-refractivity contribution < 1.29 is 24.2 Å². The van der Waals surface area contributed by atoms with Gasteiger partial charge in [0.2, 0.25) is 0 Å². The summed E-state index contributed by atoms with van der Waals surface area (Å²) in [4.78, 5) is 24.3. The second-order valence-electron chi connectivity index (χ2n) is 10.1. The Bertz CT molecular complexity index is 952. The molecule has 1 unspecified atom stereocenters. The van der Waals surface area contributed by atoms with E-state index in [9.17, 15) is 14.7 Å².